The monoisotopic (exact) mass is 451 g/mol. The van der Waals surface area contributed by atoms with Gasteiger partial charge in [0.1, 0.15) is 5.82 Å². The van der Waals surface area contributed by atoms with Crippen LogP contribution in [-0.4, -0.2) is 18.3 Å². The zero-order valence-corrected chi connectivity index (χ0v) is 15.0. The molecule has 0 bridgehead atoms. The molecule has 0 spiro atoms. The molecule has 12 heteroatoms. The Balaban J connectivity index is 2.39. The van der Waals surface area contributed by atoms with Gasteiger partial charge in [0.2, 0.25) is 0 Å². The molecule has 0 amide bonds. The summed E-state index contributed by atoms with van der Waals surface area (Å²) in [6.07, 6.45) is -3.31. The number of anilines is 1. The molecule has 0 aliphatic heterocycles. The van der Waals surface area contributed by atoms with Crippen molar-refractivity contribution in [3.8, 4) is 0 Å². The number of nitro groups is 1. The van der Waals surface area contributed by atoms with Gasteiger partial charge < -0.3 is 5.32 Å². The number of nitrogens with zero attached hydrogens (tertiary/aromatic N) is 2. The summed E-state index contributed by atoms with van der Waals surface area (Å²) in [5.74, 6) is -0.398. The standard InChI is InChI=1S/C14H9BrF3N3O4S/c15-10-1-3-11(4-2-10)26(24,25)13(21(22)23)8-20-12-7-9(5-6-19-12)14(16,17)18/h1-8H,(H,19,20)/b13-8+. The van der Waals surface area contributed by atoms with E-state index in [1.165, 1.54) is 12.1 Å². The quantitative estimate of drug-likeness (QED) is 0.547. The first-order chi connectivity index (χ1) is 12.0. The Bertz CT molecular complexity index is 960. The summed E-state index contributed by atoms with van der Waals surface area (Å²) in [4.78, 5) is 13.2. The van der Waals surface area contributed by atoms with Gasteiger partial charge in [-0.25, -0.2) is 13.4 Å². The van der Waals surface area contributed by atoms with Crippen LogP contribution in [0.1, 0.15) is 5.56 Å². The Morgan fingerprint density at radius 2 is 1.85 bits per heavy atom. The molecule has 1 aromatic carbocycles. The molecule has 26 heavy (non-hydrogen) atoms. The van der Waals surface area contributed by atoms with Gasteiger partial charge in [0.15, 0.2) is 0 Å². The van der Waals surface area contributed by atoms with Gasteiger partial charge in [0.25, 0.3) is 9.84 Å². The third-order valence-corrected chi connectivity index (χ3v) is 5.25. The molecule has 0 saturated carbocycles. The largest absolute Gasteiger partial charge is 0.416 e. The normalized spacial score (nSPS) is 12.7. The highest BCUT2D eigenvalue weighted by Gasteiger charge is 2.32. The van der Waals surface area contributed by atoms with Crippen molar-refractivity contribution in [2.75, 3.05) is 5.32 Å². The van der Waals surface area contributed by atoms with Crippen LogP contribution < -0.4 is 5.32 Å². The lowest BCUT2D eigenvalue weighted by Crippen LogP contribution is -2.14. The summed E-state index contributed by atoms with van der Waals surface area (Å²) in [5.41, 5.74) is -1.04. The van der Waals surface area contributed by atoms with Crippen molar-refractivity contribution in [1.82, 2.24) is 4.98 Å². The summed E-state index contributed by atoms with van der Waals surface area (Å²) < 4.78 is 63.3. The molecule has 1 aromatic heterocycles. The van der Waals surface area contributed by atoms with Gasteiger partial charge in [-0.2, -0.15) is 13.2 Å². The SMILES string of the molecule is O=[N+]([O-])/C(=C\Nc1cc(C(F)(F)F)ccn1)S(=O)(=O)c1ccc(Br)cc1. The molecule has 1 N–H and O–H groups in total. The highest BCUT2D eigenvalue weighted by atomic mass is 79.9. The predicted octanol–water partition coefficient (Wildman–Crippen LogP) is 3.82. The fourth-order valence-corrected chi connectivity index (χ4v) is 3.19. The number of benzene rings is 1. The van der Waals surface area contributed by atoms with Crippen molar-refractivity contribution in [3.05, 3.63) is 74.0 Å². The molecule has 0 fully saturated rings. The molecule has 0 atom stereocenters. The number of sulfone groups is 1. The Morgan fingerprint density at radius 1 is 1.23 bits per heavy atom. The number of hydrogen-bond acceptors (Lipinski definition) is 6. The number of nitrogens with one attached hydrogen (secondary N) is 1. The van der Waals surface area contributed by atoms with Crippen LogP contribution in [-0.2, 0) is 16.0 Å². The third kappa shape index (κ3) is 4.58. The minimum absolute atomic E-state index is 0.345. The summed E-state index contributed by atoms with van der Waals surface area (Å²) in [6.45, 7) is 0. The van der Waals surface area contributed by atoms with E-state index in [1.807, 2.05) is 0 Å². The van der Waals surface area contributed by atoms with E-state index >= 15 is 0 Å². The van der Waals surface area contributed by atoms with E-state index in [4.69, 9.17) is 0 Å². The average molecular weight is 452 g/mol. The number of aromatic nitrogens is 1. The maximum Gasteiger partial charge on any atom is 0.416 e. The molecular formula is C14H9BrF3N3O4S. The predicted molar refractivity (Wildman–Crippen MR) is 89.3 cm³/mol. The second-order valence-corrected chi connectivity index (χ2v) is 7.58. The lowest BCUT2D eigenvalue weighted by Gasteiger charge is -2.08. The minimum atomic E-state index is -4.64. The first-order valence-corrected chi connectivity index (χ1v) is 8.94. The number of pyridine rings is 1. The molecule has 138 valence electrons. The molecule has 0 aliphatic carbocycles. The highest BCUT2D eigenvalue weighted by Crippen LogP contribution is 2.30. The van der Waals surface area contributed by atoms with Crippen LogP contribution in [0.5, 0.6) is 0 Å². The van der Waals surface area contributed by atoms with Gasteiger partial charge in [-0.3, -0.25) is 10.1 Å². The first kappa shape index (κ1) is 19.8. The first-order valence-electron chi connectivity index (χ1n) is 6.67. The molecule has 2 aromatic rings. The lowest BCUT2D eigenvalue weighted by atomic mass is 10.2. The van der Waals surface area contributed by atoms with Crippen molar-refractivity contribution in [2.45, 2.75) is 11.1 Å². The van der Waals surface area contributed by atoms with Crippen LogP contribution in [0.15, 0.2) is 63.2 Å². The molecule has 1 heterocycles. The van der Waals surface area contributed by atoms with E-state index in [-0.39, 0.29) is 4.90 Å². The van der Waals surface area contributed by atoms with E-state index in [1.54, 1.807) is 0 Å². The zero-order chi connectivity index (χ0) is 19.5. The van der Waals surface area contributed by atoms with Crippen LogP contribution >= 0.6 is 15.9 Å². The van der Waals surface area contributed by atoms with Crippen molar-refractivity contribution in [2.24, 2.45) is 0 Å². The molecule has 0 aliphatic rings. The van der Waals surface area contributed by atoms with Crippen LogP contribution in [0.4, 0.5) is 19.0 Å². The molecule has 2 rings (SSSR count). The number of hydrogen-bond donors (Lipinski definition) is 1. The number of rotatable bonds is 5. The van der Waals surface area contributed by atoms with Gasteiger partial charge in [-0.1, -0.05) is 15.9 Å². The van der Waals surface area contributed by atoms with E-state index in [0.29, 0.717) is 22.8 Å². The molecule has 0 radical (unpaired) electrons. The fourth-order valence-electron chi connectivity index (χ4n) is 1.78. The van der Waals surface area contributed by atoms with Gasteiger partial charge in [0.05, 0.1) is 21.6 Å². The summed E-state index contributed by atoms with van der Waals surface area (Å²) in [7, 11) is -4.50. The minimum Gasteiger partial charge on any atom is -0.340 e. The highest BCUT2D eigenvalue weighted by molar-refractivity contribution is 9.10. The summed E-state index contributed by atoms with van der Waals surface area (Å²) >= 11 is 3.11. The molecule has 0 saturated heterocycles. The van der Waals surface area contributed by atoms with Crippen molar-refractivity contribution >= 4 is 31.6 Å². The van der Waals surface area contributed by atoms with Gasteiger partial charge in [0, 0.05) is 10.7 Å². The van der Waals surface area contributed by atoms with E-state index < -0.39 is 37.3 Å². The van der Waals surface area contributed by atoms with E-state index in [2.05, 4.69) is 26.2 Å². The van der Waals surface area contributed by atoms with E-state index in [0.717, 1.165) is 18.3 Å². The third-order valence-electron chi connectivity index (χ3n) is 3.01. The topological polar surface area (TPSA) is 102 Å². The maximum absolute atomic E-state index is 12.7. The van der Waals surface area contributed by atoms with Crippen LogP contribution in [0.3, 0.4) is 0 Å². The lowest BCUT2D eigenvalue weighted by molar-refractivity contribution is -0.411. The number of halogens is 4. The fraction of sp³-hybridized carbons (Fsp3) is 0.0714. The average Bonchev–Trinajstić information content (AvgIpc) is 2.54. The van der Waals surface area contributed by atoms with Gasteiger partial charge in [-0.15, -0.1) is 0 Å². The molecule has 0 unspecified atom stereocenters. The van der Waals surface area contributed by atoms with Crippen LogP contribution in [0.2, 0.25) is 0 Å². The Kier molecular flexibility index (Phi) is 5.66. The van der Waals surface area contributed by atoms with Crippen molar-refractivity contribution in [1.29, 1.82) is 0 Å². The molecular weight excluding hydrogens is 443 g/mol. The summed E-state index contributed by atoms with van der Waals surface area (Å²) in [6, 6.07) is 6.37. The Labute approximate surface area is 153 Å². The van der Waals surface area contributed by atoms with Crippen molar-refractivity contribution in [3.63, 3.8) is 0 Å². The summed E-state index contributed by atoms with van der Waals surface area (Å²) in [5, 5.41) is 12.0. The Morgan fingerprint density at radius 3 is 2.38 bits per heavy atom. The number of alkyl halides is 3. The van der Waals surface area contributed by atoms with Gasteiger partial charge >= 0.3 is 11.2 Å². The van der Waals surface area contributed by atoms with Crippen LogP contribution in [0.25, 0.3) is 0 Å². The second kappa shape index (κ2) is 7.41. The van der Waals surface area contributed by atoms with Crippen LogP contribution in [0, 0.1) is 10.1 Å². The van der Waals surface area contributed by atoms with Gasteiger partial charge in [-0.05, 0) is 36.4 Å². The molecule has 7 nitrogen and oxygen atoms in total. The van der Waals surface area contributed by atoms with Crippen molar-refractivity contribution < 1.29 is 26.5 Å². The second-order valence-electron chi connectivity index (χ2n) is 4.77. The Hall–Kier alpha value is -2.47. The zero-order valence-electron chi connectivity index (χ0n) is 12.6. The maximum atomic E-state index is 12.7. The smallest absolute Gasteiger partial charge is 0.340 e. The van der Waals surface area contributed by atoms with E-state index in [9.17, 15) is 31.7 Å².